The van der Waals surface area contributed by atoms with E-state index in [9.17, 15) is 4.79 Å². The first-order valence-corrected chi connectivity index (χ1v) is 8.63. The molecule has 2 aromatic carbocycles. The summed E-state index contributed by atoms with van der Waals surface area (Å²) in [6.07, 6.45) is 1.05. The first-order valence-electron chi connectivity index (χ1n) is 8.25. The maximum atomic E-state index is 11.9. The number of carbonyl (C=O) groups is 1. The number of benzene rings is 2. The predicted octanol–water partition coefficient (Wildman–Crippen LogP) is 5.57. The maximum Gasteiger partial charge on any atom is 0.224 e. The van der Waals surface area contributed by atoms with Crippen molar-refractivity contribution < 1.29 is 9.53 Å². The van der Waals surface area contributed by atoms with E-state index in [-0.39, 0.29) is 5.91 Å². The molecule has 1 N–H and O–H groups in total. The van der Waals surface area contributed by atoms with Gasteiger partial charge in [0.2, 0.25) is 5.91 Å². The van der Waals surface area contributed by atoms with Crippen LogP contribution in [0.15, 0.2) is 42.5 Å². The fourth-order valence-electron chi connectivity index (χ4n) is 2.58. The number of nitrogens with one attached hydrogen (secondary N) is 1. The number of anilines is 1. The number of aryl methyl sites for hydroxylation is 1. The van der Waals surface area contributed by atoms with E-state index in [1.165, 1.54) is 11.1 Å². The zero-order valence-corrected chi connectivity index (χ0v) is 15.2. The van der Waals surface area contributed by atoms with Crippen LogP contribution in [0, 0.1) is 6.92 Å². The molecule has 1 amide bonds. The smallest absolute Gasteiger partial charge is 0.224 e. The van der Waals surface area contributed by atoms with Crippen LogP contribution in [0.5, 0.6) is 5.75 Å². The second-order valence-electron chi connectivity index (χ2n) is 6.15. The minimum Gasteiger partial charge on any atom is -0.494 e. The van der Waals surface area contributed by atoms with Gasteiger partial charge in [-0.3, -0.25) is 4.79 Å². The molecule has 2 aromatic rings. The van der Waals surface area contributed by atoms with Gasteiger partial charge in [0.25, 0.3) is 0 Å². The minimum absolute atomic E-state index is 0.0574. The third kappa shape index (κ3) is 5.27. The Kier molecular flexibility index (Phi) is 6.68. The molecular weight excluding hydrogens is 322 g/mol. The average molecular weight is 346 g/mol. The Bertz CT molecular complexity index is 698. The predicted molar refractivity (Wildman–Crippen MR) is 100 cm³/mol. The fourth-order valence-corrected chi connectivity index (χ4v) is 2.77. The molecule has 128 valence electrons. The second kappa shape index (κ2) is 8.74. The Labute approximate surface area is 149 Å². The van der Waals surface area contributed by atoms with Gasteiger partial charge in [0, 0.05) is 6.42 Å². The van der Waals surface area contributed by atoms with Crippen LogP contribution in [0.4, 0.5) is 5.69 Å². The molecule has 0 spiro atoms. The molecule has 0 saturated heterocycles. The van der Waals surface area contributed by atoms with Crippen molar-refractivity contribution in [2.45, 2.75) is 39.5 Å². The number of amides is 1. The van der Waals surface area contributed by atoms with Crippen molar-refractivity contribution in [2.75, 3.05) is 11.9 Å². The largest absolute Gasteiger partial charge is 0.494 e. The lowest BCUT2D eigenvalue weighted by Crippen LogP contribution is -2.13. The molecule has 0 aromatic heterocycles. The second-order valence-corrected chi connectivity index (χ2v) is 6.56. The molecule has 3 nitrogen and oxygen atoms in total. The van der Waals surface area contributed by atoms with Crippen LogP contribution in [0.2, 0.25) is 5.02 Å². The highest BCUT2D eigenvalue weighted by molar-refractivity contribution is 6.33. The molecule has 0 aliphatic heterocycles. The van der Waals surface area contributed by atoms with Crippen molar-refractivity contribution in [3.05, 3.63) is 58.6 Å². The molecule has 0 radical (unpaired) electrons. The van der Waals surface area contributed by atoms with Gasteiger partial charge >= 0.3 is 0 Å². The molecule has 24 heavy (non-hydrogen) atoms. The molecule has 0 unspecified atom stereocenters. The van der Waals surface area contributed by atoms with E-state index in [0.717, 1.165) is 5.75 Å². The number of carbonyl (C=O) groups excluding carboxylic acids is 1. The molecule has 0 atom stereocenters. The highest BCUT2D eigenvalue weighted by Crippen LogP contribution is 2.24. The van der Waals surface area contributed by atoms with Crippen LogP contribution in [-0.2, 0) is 4.79 Å². The first kappa shape index (κ1) is 18.3. The van der Waals surface area contributed by atoms with Gasteiger partial charge in [0.05, 0.1) is 17.3 Å². The Balaban J connectivity index is 1.76. The Morgan fingerprint density at radius 1 is 1.21 bits per heavy atom. The number of hydrogen-bond donors (Lipinski definition) is 1. The Morgan fingerprint density at radius 3 is 2.62 bits per heavy atom. The van der Waals surface area contributed by atoms with Gasteiger partial charge in [-0.25, -0.2) is 0 Å². The topological polar surface area (TPSA) is 38.3 Å². The molecule has 0 heterocycles. The van der Waals surface area contributed by atoms with Gasteiger partial charge in [-0.1, -0.05) is 43.6 Å². The van der Waals surface area contributed by atoms with Crippen molar-refractivity contribution >= 4 is 23.2 Å². The normalized spacial score (nSPS) is 10.7. The summed E-state index contributed by atoms with van der Waals surface area (Å²) < 4.78 is 5.74. The van der Waals surface area contributed by atoms with Crippen LogP contribution in [0.1, 0.15) is 43.7 Å². The fraction of sp³-hybridized carbons (Fsp3) is 0.350. The summed E-state index contributed by atoms with van der Waals surface area (Å²) in [6.45, 7) is 6.97. The van der Waals surface area contributed by atoms with Crippen molar-refractivity contribution in [2.24, 2.45) is 0 Å². The third-order valence-electron chi connectivity index (χ3n) is 3.83. The number of hydrogen-bond acceptors (Lipinski definition) is 2. The summed E-state index contributed by atoms with van der Waals surface area (Å²) in [7, 11) is 0. The average Bonchev–Trinajstić information content (AvgIpc) is 2.53. The molecule has 0 saturated carbocycles. The summed E-state index contributed by atoms with van der Waals surface area (Å²) in [5.74, 6) is 1.30. The molecule has 0 bridgehead atoms. The number of rotatable bonds is 7. The van der Waals surface area contributed by atoms with Crippen LogP contribution >= 0.6 is 11.6 Å². The van der Waals surface area contributed by atoms with Gasteiger partial charge < -0.3 is 10.1 Å². The van der Waals surface area contributed by atoms with E-state index in [1.54, 1.807) is 12.1 Å². The van der Waals surface area contributed by atoms with Gasteiger partial charge in [-0.15, -0.1) is 0 Å². The van der Waals surface area contributed by atoms with Crippen molar-refractivity contribution in [1.82, 2.24) is 0 Å². The van der Waals surface area contributed by atoms with Crippen LogP contribution in [0.3, 0.4) is 0 Å². The summed E-state index contributed by atoms with van der Waals surface area (Å²) in [5.41, 5.74) is 3.21. The van der Waals surface area contributed by atoms with E-state index in [4.69, 9.17) is 16.3 Å². The molecule has 0 aliphatic rings. The summed E-state index contributed by atoms with van der Waals surface area (Å²) in [4.78, 5) is 11.9. The number of halogens is 1. The van der Waals surface area contributed by atoms with Crippen LogP contribution in [0.25, 0.3) is 0 Å². The maximum absolute atomic E-state index is 11.9. The van der Waals surface area contributed by atoms with Crippen LogP contribution in [-0.4, -0.2) is 12.5 Å². The summed E-state index contributed by atoms with van der Waals surface area (Å²) >= 11 is 6.02. The zero-order valence-electron chi connectivity index (χ0n) is 14.4. The molecule has 0 aliphatic carbocycles. The number of ether oxygens (including phenoxy) is 1. The van der Waals surface area contributed by atoms with Gasteiger partial charge in [0.15, 0.2) is 0 Å². The van der Waals surface area contributed by atoms with Crippen molar-refractivity contribution in [3.8, 4) is 5.75 Å². The quantitative estimate of drug-likeness (QED) is 0.666. The van der Waals surface area contributed by atoms with Crippen molar-refractivity contribution in [3.63, 3.8) is 0 Å². The lowest BCUT2D eigenvalue weighted by atomic mass is 9.98. The van der Waals surface area contributed by atoms with Crippen LogP contribution < -0.4 is 10.1 Å². The van der Waals surface area contributed by atoms with E-state index in [2.05, 4.69) is 38.2 Å². The van der Waals surface area contributed by atoms with Gasteiger partial charge in [0.1, 0.15) is 5.75 Å². The Morgan fingerprint density at radius 2 is 1.96 bits per heavy atom. The lowest BCUT2D eigenvalue weighted by molar-refractivity contribution is -0.116. The van der Waals surface area contributed by atoms with Gasteiger partial charge in [-0.2, -0.15) is 0 Å². The molecule has 0 fully saturated rings. The first-order chi connectivity index (χ1) is 11.5. The standard InChI is InChI=1S/C20H24ClNO2/c1-14(2)17-11-10-16(13-15(17)3)24-12-6-9-20(23)22-19-8-5-4-7-18(19)21/h4-5,7-8,10-11,13-14H,6,9,12H2,1-3H3,(H,22,23). The molecular formula is C20H24ClNO2. The minimum atomic E-state index is -0.0574. The zero-order chi connectivity index (χ0) is 17.5. The Hall–Kier alpha value is -2.00. The van der Waals surface area contributed by atoms with E-state index in [1.807, 2.05) is 18.2 Å². The molecule has 2 rings (SSSR count). The SMILES string of the molecule is Cc1cc(OCCCC(=O)Nc2ccccc2Cl)ccc1C(C)C. The van der Waals surface area contributed by atoms with E-state index >= 15 is 0 Å². The van der Waals surface area contributed by atoms with Crippen molar-refractivity contribution in [1.29, 1.82) is 0 Å². The highest BCUT2D eigenvalue weighted by atomic mass is 35.5. The monoisotopic (exact) mass is 345 g/mol. The summed E-state index contributed by atoms with van der Waals surface area (Å²) in [6, 6.07) is 13.4. The highest BCUT2D eigenvalue weighted by Gasteiger charge is 2.07. The summed E-state index contributed by atoms with van der Waals surface area (Å²) in [5, 5.41) is 3.36. The van der Waals surface area contributed by atoms with Gasteiger partial charge in [-0.05, 0) is 54.7 Å². The molecule has 4 heteroatoms. The lowest BCUT2D eigenvalue weighted by Gasteiger charge is -2.12. The third-order valence-corrected chi connectivity index (χ3v) is 4.16. The van der Waals surface area contributed by atoms with E-state index < -0.39 is 0 Å². The van der Waals surface area contributed by atoms with E-state index in [0.29, 0.717) is 36.1 Å². The number of para-hydroxylation sites is 1.